The maximum Gasteiger partial charge on any atom is 0.410 e. The lowest BCUT2D eigenvalue weighted by Gasteiger charge is -2.41. The average Bonchev–Trinajstić information content (AvgIpc) is 2.13. The molecule has 2 atom stereocenters. The summed E-state index contributed by atoms with van der Waals surface area (Å²) in [5.41, 5.74) is -0.435. The predicted molar refractivity (Wildman–Crippen MR) is 64.6 cm³/mol. The molecule has 2 unspecified atom stereocenters. The SMILES string of the molecule is CC(C)(C)OC(=O)N1CCCCC1C1C=CO1. The summed E-state index contributed by atoms with van der Waals surface area (Å²) >= 11 is 0. The highest BCUT2D eigenvalue weighted by Crippen LogP contribution is 2.27. The molecule has 0 aromatic carbocycles. The highest BCUT2D eigenvalue weighted by molar-refractivity contribution is 5.69. The van der Waals surface area contributed by atoms with Crippen LogP contribution >= 0.6 is 0 Å². The Morgan fingerprint density at radius 1 is 1.41 bits per heavy atom. The molecule has 0 aliphatic carbocycles. The molecule has 4 heteroatoms. The van der Waals surface area contributed by atoms with Crippen LogP contribution in [0.15, 0.2) is 12.3 Å². The van der Waals surface area contributed by atoms with Gasteiger partial charge < -0.3 is 14.4 Å². The van der Waals surface area contributed by atoms with Gasteiger partial charge >= 0.3 is 6.09 Å². The molecule has 96 valence electrons. The standard InChI is InChI=1S/C13H21NO3/c1-13(2,3)17-12(15)14-8-5-4-6-10(14)11-7-9-16-11/h7,9-11H,4-6,8H2,1-3H3. The minimum Gasteiger partial charge on any atom is -0.492 e. The van der Waals surface area contributed by atoms with Crippen LogP contribution in [0.5, 0.6) is 0 Å². The molecule has 0 N–H and O–H groups in total. The van der Waals surface area contributed by atoms with Crippen molar-refractivity contribution in [3.05, 3.63) is 12.3 Å². The molecule has 0 spiro atoms. The molecule has 2 aliphatic rings. The molecule has 0 bridgehead atoms. The number of carbonyl (C=O) groups is 1. The first-order valence-corrected chi connectivity index (χ1v) is 6.29. The van der Waals surface area contributed by atoms with E-state index in [1.54, 1.807) is 6.26 Å². The molecule has 1 amide bonds. The van der Waals surface area contributed by atoms with E-state index in [4.69, 9.17) is 9.47 Å². The molecule has 2 heterocycles. The van der Waals surface area contributed by atoms with Crippen LogP contribution in [-0.2, 0) is 9.47 Å². The third-order valence-corrected chi connectivity index (χ3v) is 3.06. The number of likely N-dealkylation sites (tertiary alicyclic amines) is 1. The maximum absolute atomic E-state index is 12.1. The highest BCUT2D eigenvalue weighted by Gasteiger charge is 2.36. The lowest BCUT2D eigenvalue weighted by atomic mass is 9.96. The second kappa shape index (κ2) is 4.59. The van der Waals surface area contributed by atoms with Gasteiger partial charge in [-0.3, -0.25) is 0 Å². The second-order valence-corrected chi connectivity index (χ2v) is 5.67. The van der Waals surface area contributed by atoms with Crippen molar-refractivity contribution in [1.82, 2.24) is 4.90 Å². The zero-order valence-electron chi connectivity index (χ0n) is 10.8. The summed E-state index contributed by atoms with van der Waals surface area (Å²) in [6, 6.07) is 0.142. The van der Waals surface area contributed by atoms with Crippen LogP contribution in [0.25, 0.3) is 0 Å². The normalized spacial score (nSPS) is 28.3. The molecular formula is C13H21NO3. The Labute approximate surface area is 103 Å². The molecular weight excluding hydrogens is 218 g/mol. The molecule has 0 aromatic rings. The first-order valence-electron chi connectivity index (χ1n) is 6.29. The number of carbonyl (C=O) groups excluding carboxylic acids is 1. The molecule has 4 nitrogen and oxygen atoms in total. The van der Waals surface area contributed by atoms with Crippen molar-refractivity contribution in [2.24, 2.45) is 0 Å². The van der Waals surface area contributed by atoms with Gasteiger partial charge in [0.25, 0.3) is 0 Å². The maximum atomic E-state index is 12.1. The first kappa shape index (κ1) is 12.3. The van der Waals surface area contributed by atoms with Crippen LogP contribution in [0.1, 0.15) is 40.0 Å². The fourth-order valence-electron chi connectivity index (χ4n) is 2.23. The Morgan fingerprint density at radius 3 is 2.65 bits per heavy atom. The van der Waals surface area contributed by atoms with Crippen molar-refractivity contribution in [1.29, 1.82) is 0 Å². The van der Waals surface area contributed by atoms with Crippen molar-refractivity contribution in [2.45, 2.75) is 57.8 Å². The van der Waals surface area contributed by atoms with Crippen LogP contribution in [0.4, 0.5) is 4.79 Å². The Hall–Kier alpha value is -1.19. The summed E-state index contributed by atoms with van der Waals surface area (Å²) in [6.45, 7) is 6.45. The van der Waals surface area contributed by atoms with E-state index < -0.39 is 5.60 Å². The number of ether oxygens (including phenoxy) is 2. The predicted octanol–water partition coefficient (Wildman–Crippen LogP) is 2.69. The molecule has 1 fully saturated rings. The van der Waals surface area contributed by atoms with Gasteiger partial charge in [-0.1, -0.05) is 0 Å². The minimum absolute atomic E-state index is 0.0582. The van der Waals surface area contributed by atoms with Crippen molar-refractivity contribution in [3.63, 3.8) is 0 Å². The summed E-state index contributed by atoms with van der Waals surface area (Å²) in [5.74, 6) is 0. The summed E-state index contributed by atoms with van der Waals surface area (Å²) in [5, 5.41) is 0. The van der Waals surface area contributed by atoms with Gasteiger partial charge in [-0.2, -0.15) is 0 Å². The van der Waals surface area contributed by atoms with Gasteiger partial charge in [0.05, 0.1) is 12.3 Å². The van der Waals surface area contributed by atoms with E-state index in [0.29, 0.717) is 0 Å². The fraction of sp³-hybridized carbons (Fsp3) is 0.769. The zero-order valence-corrected chi connectivity index (χ0v) is 10.8. The van der Waals surface area contributed by atoms with E-state index in [-0.39, 0.29) is 18.2 Å². The molecule has 17 heavy (non-hydrogen) atoms. The van der Waals surface area contributed by atoms with E-state index in [1.165, 1.54) is 0 Å². The quantitative estimate of drug-likeness (QED) is 0.706. The van der Waals surface area contributed by atoms with Crippen molar-refractivity contribution >= 4 is 6.09 Å². The van der Waals surface area contributed by atoms with Crippen LogP contribution in [0, 0.1) is 0 Å². The van der Waals surface area contributed by atoms with Gasteiger partial charge in [0, 0.05) is 6.54 Å². The molecule has 0 aromatic heterocycles. The number of piperidine rings is 1. The van der Waals surface area contributed by atoms with E-state index in [1.807, 2.05) is 31.7 Å². The minimum atomic E-state index is -0.435. The van der Waals surface area contributed by atoms with Crippen LogP contribution in [-0.4, -0.2) is 35.3 Å². The smallest absolute Gasteiger partial charge is 0.410 e. The third kappa shape index (κ3) is 2.93. The number of amides is 1. The van der Waals surface area contributed by atoms with Gasteiger partial charge in [0.15, 0.2) is 0 Å². The average molecular weight is 239 g/mol. The van der Waals surface area contributed by atoms with Gasteiger partial charge in [0.1, 0.15) is 11.7 Å². The van der Waals surface area contributed by atoms with Crippen molar-refractivity contribution in [2.75, 3.05) is 6.54 Å². The summed E-state index contributed by atoms with van der Waals surface area (Å²) in [7, 11) is 0. The number of rotatable bonds is 1. The summed E-state index contributed by atoms with van der Waals surface area (Å²) in [6.07, 6.45) is 6.73. The monoisotopic (exact) mass is 239 g/mol. The second-order valence-electron chi connectivity index (χ2n) is 5.67. The molecule has 1 saturated heterocycles. The molecule has 2 rings (SSSR count). The number of nitrogens with zero attached hydrogens (tertiary/aromatic N) is 1. The highest BCUT2D eigenvalue weighted by atomic mass is 16.6. The van der Waals surface area contributed by atoms with Gasteiger partial charge in [-0.25, -0.2) is 4.79 Å². The van der Waals surface area contributed by atoms with E-state index >= 15 is 0 Å². The number of hydrogen-bond donors (Lipinski definition) is 0. The number of hydrogen-bond acceptors (Lipinski definition) is 3. The summed E-state index contributed by atoms with van der Waals surface area (Å²) < 4.78 is 10.8. The van der Waals surface area contributed by atoms with Gasteiger partial charge in [0.2, 0.25) is 0 Å². The third-order valence-electron chi connectivity index (χ3n) is 3.06. The van der Waals surface area contributed by atoms with E-state index in [2.05, 4.69) is 0 Å². The van der Waals surface area contributed by atoms with Crippen molar-refractivity contribution in [3.8, 4) is 0 Å². The molecule has 2 aliphatic heterocycles. The zero-order chi connectivity index (χ0) is 12.5. The van der Waals surface area contributed by atoms with Gasteiger partial charge in [-0.05, 0) is 46.1 Å². The van der Waals surface area contributed by atoms with E-state index in [9.17, 15) is 4.79 Å². The Bertz CT molecular complexity index is 319. The van der Waals surface area contributed by atoms with E-state index in [0.717, 1.165) is 25.8 Å². The Balaban J connectivity index is 2.00. The Kier molecular flexibility index (Phi) is 3.31. The van der Waals surface area contributed by atoms with Crippen molar-refractivity contribution < 1.29 is 14.3 Å². The largest absolute Gasteiger partial charge is 0.492 e. The fourth-order valence-corrected chi connectivity index (χ4v) is 2.23. The lowest BCUT2D eigenvalue weighted by molar-refractivity contribution is -0.0184. The summed E-state index contributed by atoms with van der Waals surface area (Å²) in [4.78, 5) is 13.9. The molecule has 0 saturated carbocycles. The molecule has 0 radical (unpaired) electrons. The van der Waals surface area contributed by atoms with Crippen LogP contribution < -0.4 is 0 Å². The van der Waals surface area contributed by atoms with Crippen LogP contribution in [0.3, 0.4) is 0 Å². The van der Waals surface area contributed by atoms with Crippen LogP contribution in [0.2, 0.25) is 0 Å². The topological polar surface area (TPSA) is 38.8 Å². The first-order chi connectivity index (χ1) is 7.97. The lowest BCUT2D eigenvalue weighted by Crippen LogP contribution is -2.52. The Morgan fingerprint density at radius 2 is 2.12 bits per heavy atom. The van der Waals surface area contributed by atoms with Gasteiger partial charge in [-0.15, -0.1) is 0 Å².